The fourth-order valence-corrected chi connectivity index (χ4v) is 2.31. The number of methoxy groups -OCH3 is 1. The van der Waals surface area contributed by atoms with Crippen molar-refractivity contribution in [3.05, 3.63) is 11.9 Å². The topological polar surface area (TPSA) is 39.1 Å². The van der Waals surface area contributed by atoms with Gasteiger partial charge in [-0.3, -0.25) is 4.68 Å². The van der Waals surface area contributed by atoms with Crippen LogP contribution in [-0.4, -0.2) is 23.4 Å². The van der Waals surface area contributed by atoms with Gasteiger partial charge >= 0.3 is 0 Å². The molecule has 1 unspecified atom stereocenters. The van der Waals surface area contributed by atoms with E-state index in [1.807, 2.05) is 10.9 Å². The first kappa shape index (κ1) is 16.0. The van der Waals surface area contributed by atoms with Gasteiger partial charge in [0, 0.05) is 6.54 Å². The van der Waals surface area contributed by atoms with Crippen LogP contribution in [0, 0.1) is 5.41 Å². The molecule has 0 spiro atoms. The average molecular weight is 267 g/mol. The Morgan fingerprint density at radius 2 is 2.05 bits per heavy atom. The van der Waals surface area contributed by atoms with Gasteiger partial charge in [0.2, 0.25) is 0 Å². The van der Waals surface area contributed by atoms with Gasteiger partial charge in [0.05, 0.1) is 25.0 Å². The average Bonchev–Trinajstić information content (AvgIpc) is 2.81. The van der Waals surface area contributed by atoms with Crippen molar-refractivity contribution >= 4 is 0 Å². The second kappa shape index (κ2) is 6.94. The lowest BCUT2D eigenvalue weighted by molar-refractivity contribution is 0.218. The lowest BCUT2D eigenvalue weighted by Gasteiger charge is -2.35. The van der Waals surface area contributed by atoms with E-state index in [4.69, 9.17) is 4.74 Å². The molecule has 4 heteroatoms. The van der Waals surface area contributed by atoms with Crippen molar-refractivity contribution in [2.45, 2.75) is 60.0 Å². The number of nitrogens with zero attached hydrogens (tertiary/aromatic N) is 2. The molecule has 1 rings (SSSR count). The van der Waals surface area contributed by atoms with Crippen molar-refractivity contribution in [1.29, 1.82) is 0 Å². The first-order valence-electron chi connectivity index (χ1n) is 7.34. The molecule has 1 aromatic heterocycles. The molecule has 1 atom stereocenters. The maximum Gasteiger partial charge on any atom is 0.161 e. The number of rotatable bonds is 8. The quantitative estimate of drug-likeness (QED) is 0.784. The first-order valence-corrected chi connectivity index (χ1v) is 7.34. The van der Waals surface area contributed by atoms with Crippen LogP contribution < -0.4 is 10.1 Å². The molecule has 0 aliphatic rings. The minimum Gasteiger partial charge on any atom is -0.493 e. The Hall–Kier alpha value is -1.03. The van der Waals surface area contributed by atoms with Crippen molar-refractivity contribution < 1.29 is 4.74 Å². The first-order chi connectivity index (χ1) is 9.01. The normalized spacial score (nSPS) is 13.6. The zero-order valence-corrected chi connectivity index (χ0v) is 13.3. The third-order valence-electron chi connectivity index (χ3n) is 3.93. The van der Waals surface area contributed by atoms with E-state index < -0.39 is 0 Å². The summed E-state index contributed by atoms with van der Waals surface area (Å²) in [6.07, 6.45) is 4.05. The standard InChI is InChI=1S/C15H29N3O/c1-7-10-16-14(15(4,5)8-2)13-12(19-6)11-17-18(13)9-3/h11,14,16H,7-10H2,1-6H3. The molecule has 110 valence electrons. The van der Waals surface area contributed by atoms with Crippen LogP contribution in [0.3, 0.4) is 0 Å². The number of aromatic nitrogens is 2. The maximum atomic E-state index is 5.51. The lowest BCUT2D eigenvalue weighted by atomic mass is 9.80. The van der Waals surface area contributed by atoms with Crippen LogP contribution in [-0.2, 0) is 6.54 Å². The highest BCUT2D eigenvalue weighted by Gasteiger charge is 2.33. The summed E-state index contributed by atoms with van der Waals surface area (Å²) in [4.78, 5) is 0. The third-order valence-corrected chi connectivity index (χ3v) is 3.93. The number of aryl methyl sites for hydroxylation is 1. The van der Waals surface area contributed by atoms with Gasteiger partial charge in [-0.25, -0.2) is 0 Å². The molecular weight excluding hydrogens is 238 g/mol. The van der Waals surface area contributed by atoms with Gasteiger partial charge in [0.15, 0.2) is 5.75 Å². The molecule has 4 nitrogen and oxygen atoms in total. The highest BCUT2D eigenvalue weighted by Crippen LogP contribution is 2.40. The predicted molar refractivity (Wildman–Crippen MR) is 79.6 cm³/mol. The van der Waals surface area contributed by atoms with E-state index in [1.165, 1.54) is 5.69 Å². The van der Waals surface area contributed by atoms with Crippen molar-refractivity contribution in [2.75, 3.05) is 13.7 Å². The SMILES string of the molecule is CCCNC(c1c(OC)cnn1CC)C(C)(C)CC. The molecule has 0 saturated heterocycles. The van der Waals surface area contributed by atoms with E-state index in [9.17, 15) is 0 Å². The van der Waals surface area contributed by atoms with Crippen LogP contribution in [0.2, 0.25) is 0 Å². The molecule has 0 aliphatic carbocycles. The fourth-order valence-electron chi connectivity index (χ4n) is 2.31. The van der Waals surface area contributed by atoms with Crippen LogP contribution in [0.15, 0.2) is 6.20 Å². The van der Waals surface area contributed by atoms with E-state index in [1.54, 1.807) is 7.11 Å². The third kappa shape index (κ3) is 3.50. The largest absolute Gasteiger partial charge is 0.493 e. The van der Waals surface area contributed by atoms with Crippen LogP contribution >= 0.6 is 0 Å². The van der Waals surface area contributed by atoms with Gasteiger partial charge in [0.1, 0.15) is 0 Å². The van der Waals surface area contributed by atoms with Gasteiger partial charge in [0.25, 0.3) is 0 Å². The molecule has 0 radical (unpaired) electrons. The van der Waals surface area contributed by atoms with E-state index >= 15 is 0 Å². The summed E-state index contributed by atoms with van der Waals surface area (Å²) in [7, 11) is 1.72. The summed E-state index contributed by atoms with van der Waals surface area (Å²) in [6, 6.07) is 0.259. The Kier molecular flexibility index (Phi) is 5.85. The fraction of sp³-hybridized carbons (Fsp3) is 0.800. The monoisotopic (exact) mass is 267 g/mol. The Bertz CT molecular complexity index is 363. The minimum absolute atomic E-state index is 0.162. The molecule has 1 aromatic rings. The smallest absolute Gasteiger partial charge is 0.161 e. The van der Waals surface area contributed by atoms with Gasteiger partial charge in [-0.15, -0.1) is 0 Å². The van der Waals surface area contributed by atoms with E-state index in [0.717, 1.165) is 31.7 Å². The summed E-state index contributed by atoms with van der Waals surface area (Å²) < 4.78 is 7.55. The van der Waals surface area contributed by atoms with Crippen molar-refractivity contribution in [1.82, 2.24) is 15.1 Å². The Labute approximate surface area is 117 Å². The van der Waals surface area contributed by atoms with Crippen LogP contribution in [0.5, 0.6) is 5.75 Å². The lowest BCUT2D eigenvalue weighted by Crippen LogP contribution is -2.36. The van der Waals surface area contributed by atoms with Crippen LogP contribution in [0.1, 0.15) is 59.2 Å². The zero-order valence-electron chi connectivity index (χ0n) is 13.3. The summed E-state index contributed by atoms with van der Waals surface area (Å²) >= 11 is 0. The number of hydrogen-bond acceptors (Lipinski definition) is 3. The Morgan fingerprint density at radius 1 is 1.37 bits per heavy atom. The maximum absolute atomic E-state index is 5.51. The summed E-state index contributed by atoms with van der Waals surface area (Å²) in [5, 5.41) is 8.11. The summed E-state index contributed by atoms with van der Waals surface area (Å²) in [6.45, 7) is 13.0. The van der Waals surface area contributed by atoms with Gasteiger partial charge in [-0.05, 0) is 31.7 Å². The second-order valence-corrected chi connectivity index (χ2v) is 5.64. The minimum atomic E-state index is 0.162. The molecule has 0 bridgehead atoms. The van der Waals surface area contributed by atoms with Crippen LogP contribution in [0.25, 0.3) is 0 Å². The second-order valence-electron chi connectivity index (χ2n) is 5.64. The van der Waals surface area contributed by atoms with E-state index in [0.29, 0.717) is 0 Å². The summed E-state index contributed by atoms with van der Waals surface area (Å²) in [5.41, 5.74) is 1.33. The van der Waals surface area contributed by atoms with E-state index in [2.05, 4.69) is 45.0 Å². The molecule has 0 fully saturated rings. The molecule has 1 N–H and O–H groups in total. The van der Waals surface area contributed by atoms with Gasteiger partial charge < -0.3 is 10.1 Å². The predicted octanol–water partition coefficient (Wildman–Crippen LogP) is 3.39. The highest BCUT2D eigenvalue weighted by atomic mass is 16.5. The van der Waals surface area contributed by atoms with Crippen molar-refractivity contribution in [3.63, 3.8) is 0 Å². The molecule has 0 amide bonds. The van der Waals surface area contributed by atoms with Crippen molar-refractivity contribution in [2.24, 2.45) is 5.41 Å². The molecule has 19 heavy (non-hydrogen) atoms. The molecule has 1 heterocycles. The molecular formula is C15H29N3O. The van der Waals surface area contributed by atoms with Crippen LogP contribution in [0.4, 0.5) is 0 Å². The Balaban J connectivity index is 3.19. The molecule has 0 saturated carbocycles. The molecule has 0 aromatic carbocycles. The Morgan fingerprint density at radius 3 is 2.53 bits per heavy atom. The van der Waals surface area contributed by atoms with Gasteiger partial charge in [-0.2, -0.15) is 5.10 Å². The number of ether oxygens (including phenoxy) is 1. The van der Waals surface area contributed by atoms with E-state index in [-0.39, 0.29) is 11.5 Å². The zero-order chi connectivity index (χ0) is 14.5. The highest BCUT2D eigenvalue weighted by molar-refractivity contribution is 5.29. The molecule has 0 aliphatic heterocycles. The number of hydrogen-bond donors (Lipinski definition) is 1. The summed E-state index contributed by atoms with van der Waals surface area (Å²) in [5.74, 6) is 0.886. The number of nitrogens with one attached hydrogen (secondary N) is 1. The van der Waals surface area contributed by atoms with Crippen molar-refractivity contribution in [3.8, 4) is 5.75 Å². The van der Waals surface area contributed by atoms with Gasteiger partial charge in [-0.1, -0.05) is 27.7 Å².